The molecule has 1 aromatic heterocycles. The Hall–Kier alpha value is -1.47. The first-order valence-corrected chi connectivity index (χ1v) is 7.07. The van der Waals surface area contributed by atoms with E-state index in [0.717, 1.165) is 28.3 Å². The van der Waals surface area contributed by atoms with Crippen molar-refractivity contribution >= 4 is 21.5 Å². The Balaban J connectivity index is 2.30. The highest BCUT2D eigenvalue weighted by Gasteiger charge is 2.19. The maximum atomic E-state index is 12.9. The van der Waals surface area contributed by atoms with Crippen LogP contribution in [0, 0.1) is 18.6 Å². The van der Waals surface area contributed by atoms with Gasteiger partial charge in [0, 0.05) is 10.9 Å². The molecule has 96 valence electrons. The topological polar surface area (TPSA) is 43.4 Å². The first-order chi connectivity index (χ1) is 8.38. The molecule has 0 amide bonds. The third kappa shape index (κ3) is 2.68. The third-order valence-corrected chi connectivity index (χ3v) is 4.76. The second kappa shape index (κ2) is 4.66. The summed E-state index contributed by atoms with van der Waals surface area (Å²) in [5.74, 6) is -2.49. The fourth-order valence-corrected chi connectivity index (χ4v) is 3.41. The maximum absolute atomic E-state index is 12.9. The highest BCUT2D eigenvalue weighted by atomic mass is 32.3. The lowest BCUT2D eigenvalue weighted by molar-refractivity contribution is 0.473. The van der Waals surface area contributed by atoms with E-state index in [2.05, 4.69) is 0 Å². The van der Waals surface area contributed by atoms with E-state index in [-0.39, 0.29) is 9.96 Å². The Bertz CT molecular complexity index is 677. The Kier molecular flexibility index (Phi) is 3.36. The molecule has 0 radical (unpaired) electrons. The monoisotopic (exact) mass is 290 g/mol. The molecule has 0 unspecified atom stereocenters. The van der Waals surface area contributed by atoms with E-state index in [1.54, 1.807) is 13.0 Å². The van der Waals surface area contributed by atoms with Crippen LogP contribution in [0.25, 0.3) is 0 Å². The Labute approximate surface area is 107 Å². The van der Waals surface area contributed by atoms with Gasteiger partial charge in [0.2, 0.25) is 0 Å². The van der Waals surface area contributed by atoms with Crippen LogP contribution in [0.15, 0.2) is 34.5 Å². The number of benzene rings is 1. The molecule has 0 aliphatic rings. The summed E-state index contributed by atoms with van der Waals surface area (Å²) in [6, 6.07) is 5.57. The summed E-state index contributed by atoms with van der Waals surface area (Å²) in [4.78, 5) is 0.808. The number of halogens is 2. The van der Waals surface area contributed by atoms with Gasteiger partial charge < -0.3 is 4.18 Å². The highest BCUT2D eigenvalue weighted by molar-refractivity contribution is 7.89. The third-order valence-electron chi connectivity index (χ3n) is 2.06. The van der Waals surface area contributed by atoms with Gasteiger partial charge in [-0.2, -0.15) is 8.42 Å². The van der Waals surface area contributed by atoms with Crippen LogP contribution in [-0.2, 0) is 10.1 Å². The molecule has 0 aliphatic heterocycles. The molecule has 7 heteroatoms. The molecule has 0 spiro atoms. The van der Waals surface area contributed by atoms with Crippen LogP contribution in [0.5, 0.6) is 5.75 Å². The van der Waals surface area contributed by atoms with Crippen molar-refractivity contribution < 1.29 is 21.4 Å². The second-order valence-corrected chi connectivity index (χ2v) is 6.54. The Morgan fingerprint density at radius 2 is 1.83 bits per heavy atom. The van der Waals surface area contributed by atoms with Gasteiger partial charge in [0.25, 0.3) is 0 Å². The van der Waals surface area contributed by atoms with Crippen molar-refractivity contribution in [1.29, 1.82) is 0 Å². The van der Waals surface area contributed by atoms with Crippen molar-refractivity contribution in [3.05, 3.63) is 46.8 Å². The summed E-state index contributed by atoms with van der Waals surface area (Å²) < 4.78 is 53.9. The van der Waals surface area contributed by atoms with Crippen molar-refractivity contribution in [2.24, 2.45) is 0 Å². The number of rotatable bonds is 3. The van der Waals surface area contributed by atoms with Crippen molar-refractivity contribution in [2.45, 2.75) is 11.1 Å². The first-order valence-electron chi connectivity index (χ1n) is 4.84. The number of aryl methyl sites for hydroxylation is 1. The number of hydrogen-bond donors (Lipinski definition) is 0. The number of thiophene rings is 1. The minimum absolute atomic E-state index is 0.0183. The zero-order valence-electron chi connectivity index (χ0n) is 9.18. The molecular weight excluding hydrogens is 282 g/mol. The van der Waals surface area contributed by atoms with Gasteiger partial charge in [-0.05, 0) is 31.2 Å². The van der Waals surface area contributed by atoms with Crippen LogP contribution < -0.4 is 4.18 Å². The summed E-state index contributed by atoms with van der Waals surface area (Å²) in [5.41, 5.74) is 0. The fourth-order valence-electron chi connectivity index (χ4n) is 1.24. The van der Waals surface area contributed by atoms with Crippen LogP contribution in [0.4, 0.5) is 8.78 Å². The summed E-state index contributed by atoms with van der Waals surface area (Å²) in [5, 5.41) is 0. The lowest BCUT2D eigenvalue weighted by Crippen LogP contribution is -2.08. The SMILES string of the molecule is Cc1ccc(S(=O)(=O)Oc2ccc(F)c(F)c2)s1. The van der Waals surface area contributed by atoms with Gasteiger partial charge in [-0.1, -0.05) is 0 Å². The Morgan fingerprint density at radius 1 is 1.11 bits per heavy atom. The van der Waals surface area contributed by atoms with Gasteiger partial charge in [0.05, 0.1) is 0 Å². The summed E-state index contributed by atoms with van der Waals surface area (Å²) in [7, 11) is -3.99. The van der Waals surface area contributed by atoms with E-state index in [9.17, 15) is 17.2 Å². The molecule has 0 fully saturated rings. The molecule has 1 heterocycles. The average Bonchev–Trinajstić information content (AvgIpc) is 2.71. The standard InChI is InChI=1S/C11H8F2O3S2/c1-7-2-5-11(17-7)18(14,15)16-8-3-4-9(12)10(13)6-8/h2-6H,1H3. The van der Waals surface area contributed by atoms with Crippen molar-refractivity contribution in [3.8, 4) is 5.75 Å². The predicted octanol–water partition coefficient (Wildman–Crippen LogP) is 3.10. The maximum Gasteiger partial charge on any atom is 0.348 e. The predicted molar refractivity (Wildman–Crippen MR) is 63.2 cm³/mol. The van der Waals surface area contributed by atoms with E-state index in [1.807, 2.05) is 0 Å². The molecule has 0 aliphatic carbocycles. The quantitative estimate of drug-likeness (QED) is 0.816. The van der Waals surface area contributed by atoms with Gasteiger partial charge >= 0.3 is 10.1 Å². The molecule has 18 heavy (non-hydrogen) atoms. The smallest absolute Gasteiger partial charge is 0.348 e. The molecule has 0 saturated heterocycles. The summed E-state index contributed by atoms with van der Waals surface area (Å²) in [6.07, 6.45) is 0. The van der Waals surface area contributed by atoms with E-state index < -0.39 is 21.8 Å². The summed E-state index contributed by atoms with van der Waals surface area (Å²) in [6.45, 7) is 1.75. The first kappa shape index (κ1) is 13.0. The molecule has 2 rings (SSSR count). The van der Waals surface area contributed by atoms with Crippen LogP contribution in [0.1, 0.15) is 4.88 Å². The van der Waals surface area contributed by atoms with E-state index in [4.69, 9.17) is 4.18 Å². The molecule has 0 N–H and O–H groups in total. The fraction of sp³-hybridized carbons (Fsp3) is 0.0909. The molecule has 0 bridgehead atoms. The minimum atomic E-state index is -3.99. The van der Waals surface area contributed by atoms with Crippen molar-refractivity contribution in [3.63, 3.8) is 0 Å². The molecule has 0 saturated carbocycles. The molecule has 1 aromatic carbocycles. The van der Waals surface area contributed by atoms with E-state index in [0.29, 0.717) is 6.07 Å². The van der Waals surface area contributed by atoms with Crippen LogP contribution in [-0.4, -0.2) is 8.42 Å². The zero-order chi connectivity index (χ0) is 13.3. The van der Waals surface area contributed by atoms with Crippen LogP contribution >= 0.6 is 11.3 Å². The summed E-state index contributed by atoms with van der Waals surface area (Å²) >= 11 is 1.04. The molecule has 2 aromatic rings. The lowest BCUT2D eigenvalue weighted by atomic mass is 10.3. The Morgan fingerprint density at radius 3 is 2.39 bits per heavy atom. The van der Waals surface area contributed by atoms with Crippen LogP contribution in [0.2, 0.25) is 0 Å². The molecular formula is C11H8F2O3S2. The largest absolute Gasteiger partial charge is 0.378 e. The average molecular weight is 290 g/mol. The van der Waals surface area contributed by atoms with Crippen molar-refractivity contribution in [2.75, 3.05) is 0 Å². The number of hydrogen-bond acceptors (Lipinski definition) is 4. The second-order valence-electron chi connectivity index (χ2n) is 3.48. The van der Waals surface area contributed by atoms with Gasteiger partial charge in [-0.25, -0.2) is 8.78 Å². The zero-order valence-corrected chi connectivity index (χ0v) is 10.8. The van der Waals surface area contributed by atoms with Gasteiger partial charge in [-0.3, -0.25) is 0 Å². The van der Waals surface area contributed by atoms with Gasteiger partial charge in [0.1, 0.15) is 5.75 Å². The normalized spacial score (nSPS) is 11.5. The van der Waals surface area contributed by atoms with Gasteiger partial charge in [0.15, 0.2) is 15.8 Å². The van der Waals surface area contributed by atoms with Crippen molar-refractivity contribution in [1.82, 2.24) is 0 Å². The highest BCUT2D eigenvalue weighted by Crippen LogP contribution is 2.25. The minimum Gasteiger partial charge on any atom is -0.378 e. The van der Waals surface area contributed by atoms with Gasteiger partial charge in [-0.15, -0.1) is 11.3 Å². The van der Waals surface area contributed by atoms with Crippen LogP contribution in [0.3, 0.4) is 0 Å². The molecule has 0 atom stereocenters. The lowest BCUT2D eigenvalue weighted by Gasteiger charge is -2.05. The van der Waals surface area contributed by atoms with E-state index >= 15 is 0 Å². The molecule has 3 nitrogen and oxygen atoms in total. The van der Waals surface area contributed by atoms with E-state index in [1.165, 1.54) is 6.07 Å².